The van der Waals surface area contributed by atoms with E-state index in [1.54, 1.807) is 12.1 Å². The van der Waals surface area contributed by atoms with Gasteiger partial charge in [0.25, 0.3) is 5.91 Å². The van der Waals surface area contributed by atoms with Crippen molar-refractivity contribution in [1.82, 2.24) is 5.32 Å². The molecule has 1 heterocycles. The molecule has 1 N–H and O–H groups in total. The molecule has 1 unspecified atom stereocenters. The summed E-state index contributed by atoms with van der Waals surface area (Å²) < 4.78 is 5.81. The van der Waals surface area contributed by atoms with E-state index in [2.05, 4.69) is 35.1 Å². The number of carbonyl (C=O) groups is 1. The van der Waals surface area contributed by atoms with Gasteiger partial charge in [0.2, 0.25) is 0 Å². The standard InChI is InChI=1S/C12H16BrNO2/c1-12(2)7-3-4-9(12)14-11(15)8-5-6-10(13)16-8/h5-6,9H,3-4,7H2,1-2H3,(H,14,15). The van der Waals surface area contributed by atoms with Crippen LogP contribution in [0.5, 0.6) is 0 Å². The molecule has 0 radical (unpaired) electrons. The number of rotatable bonds is 2. The van der Waals surface area contributed by atoms with Crippen molar-refractivity contribution in [3.05, 3.63) is 22.6 Å². The summed E-state index contributed by atoms with van der Waals surface area (Å²) in [5, 5.41) is 3.05. The highest BCUT2D eigenvalue weighted by molar-refractivity contribution is 9.10. The van der Waals surface area contributed by atoms with E-state index in [1.165, 1.54) is 12.8 Å². The average Bonchev–Trinajstić information content (AvgIpc) is 2.74. The Morgan fingerprint density at radius 3 is 2.81 bits per heavy atom. The summed E-state index contributed by atoms with van der Waals surface area (Å²) in [4.78, 5) is 11.9. The summed E-state index contributed by atoms with van der Waals surface area (Å²) in [6.45, 7) is 4.39. The molecule has 1 amide bonds. The summed E-state index contributed by atoms with van der Waals surface area (Å²) in [6, 6.07) is 3.67. The lowest BCUT2D eigenvalue weighted by atomic mass is 9.87. The van der Waals surface area contributed by atoms with Gasteiger partial charge in [-0.1, -0.05) is 20.3 Å². The Bertz CT molecular complexity index is 397. The zero-order valence-corrected chi connectivity index (χ0v) is 11.1. The smallest absolute Gasteiger partial charge is 0.287 e. The van der Waals surface area contributed by atoms with Crippen molar-refractivity contribution in [3.63, 3.8) is 0 Å². The van der Waals surface area contributed by atoms with Crippen LogP contribution in [0.1, 0.15) is 43.7 Å². The fourth-order valence-corrected chi connectivity index (χ4v) is 2.57. The van der Waals surface area contributed by atoms with E-state index in [1.807, 2.05) is 0 Å². The van der Waals surface area contributed by atoms with Crippen molar-refractivity contribution < 1.29 is 9.21 Å². The number of amides is 1. The summed E-state index contributed by atoms with van der Waals surface area (Å²) in [5.74, 6) is 0.250. The van der Waals surface area contributed by atoms with Gasteiger partial charge in [0.1, 0.15) is 0 Å². The first kappa shape index (κ1) is 11.7. The van der Waals surface area contributed by atoms with Gasteiger partial charge in [-0.25, -0.2) is 0 Å². The molecule has 1 atom stereocenters. The number of carbonyl (C=O) groups excluding carboxylic acids is 1. The van der Waals surface area contributed by atoms with Gasteiger partial charge < -0.3 is 9.73 Å². The Labute approximate surface area is 104 Å². The van der Waals surface area contributed by atoms with Crippen LogP contribution in [0.15, 0.2) is 21.2 Å². The maximum absolute atomic E-state index is 11.9. The first-order valence-electron chi connectivity index (χ1n) is 5.55. The molecule has 0 bridgehead atoms. The third kappa shape index (κ3) is 2.32. The fourth-order valence-electron chi connectivity index (χ4n) is 2.26. The van der Waals surface area contributed by atoms with Crippen LogP contribution in [-0.2, 0) is 0 Å². The first-order chi connectivity index (χ1) is 7.49. The minimum atomic E-state index is -0.120. The van der Waals surface area contributed by atoms with Crippen LogP contribution in [0.25, 0.3) is 0 Å². The van der Waals surface area contributed by atoms with Crippen molar-refractivity contribution in [2.24, 2.45) is 5.41 Å². The lowest BCUT2D eigenvalue weighted by Crippen LogP contribution is -2.41. The number of nitrogens with one attached hydrogen (secondary N) is 1. The minimum Gasteiger partial charge on any atom is -0.444 e. The van der Waals surface area contributed by atoms with Crippen molar-refractivity contribution in [3.8, 4) is 0 Å². The lowest BCUT2D eigenvalue weighted by Gasteiger charge is -2.27. The molecule has 1 aromatic rings. The van der Waals surface area contributed by atoms with Crippen molar-refractivity contribution in [2.75, 3.05) is 0 Å². The monoisotopic (exact) mass is 285 g/mol. The molecule has 3 nitrogen and oxygen atoms in total. The van der Waals surface area contributed by atoms with Gasteiger partial charge in [-0.15, -0.1) is 0 Å². The van der Waals surface area contributed by atoms with Crippen LogP contribution in [0.3, 0.4) is 0 Å². The average molecular weight is 286 g/mol. The van der Waals surface area contributed by atoms with Gasteiger partial charge in [0.05, 0.1) is 0 Å². The van der Waals surface area contributed by atoms with Crippen LogP contribution >= 0.6 is 15.9 Å². The van der Waals surface area contributed by atoms with Gasteiger partial charge in [-0.05, 0) is 46.3 Å². The van der Waals surface area contributed by atoms with Gasteiger partial charge in [-0.3, -0.25) is 4.79 Å². The predicted octanol–water partition coefficient (Wildman–Crippen LogP) is 3.35. The molecule has 4 heteroatoms. The summed E-state index contributed by atoms with van der Waals surface area (Å²) >= 11 is 3.19. The number of hydrogen-bond donors (Lipinski definition) is 1. The second kappa shape index (κ2) is 4.24. The Hall–Kier alpha value is -0.770. The molecule has 1 fully saturated rings. The van der Waals surface area contributed by atoms with Crippen molar-refractivity contribution >= 4 is 21.8 Å². The highest BCUT2D eigenvalue weighted by Gasteiger charge is 2.35. The van der Waals surface area contributed by atoms with Crippen LogP contribution in [0.2, 0.25) is 0 Å². The third-order valence-electron chi connectivity index (χ3n) is 3.36. The molecular formula is C12H16BrNO2. The highest BCUT2D eigenvalue weighted by atomic mass is 79.9. The van der Waals surface area contributed by atoms with Crippen LogP contribution in [-0.4, -0.2) is 11.9 Å². The van der Waals surface area contributed by atoms with E-state index >= 15 is 0 Å². The molecule has 88 valence electrons. The van der Waals surface area contributed by atoms with E-state index in [4.69, 9.17) is 4.42 Å². The van der Waals surface area contributed by atoms with Gasteiger partial charge in [-0.2, -0.15) is 0 Å². The number of halogens is 1. The van der Waals surface area contributed by atoms with E-state index < -0.39 is 0 Å². The van der Waals surface area contributed by atoms with Gasteiger partial charge >= 0.3 is 0 Å². The Morgan fingerprint density at radius 2 is 2.31 bits per heavy atom. The molecule has 2 rings (SSSR count). The summed E-state index contributed by atoms with van der Waals surface area (Å²) in [5.41, 5.74) is 0.194. The Kier molecular flexibility index (Phi) is 3.10. The fraction of sp³-hybridized carbons (Fsp3) is 0.583. The molecule has 0 aromatic carbocycles. The normalized spacial score (nSPS) is 23.3. The van der Waals surface area contributed by atoms with Crippen molar-refractivity contribution in [2.45, 2.75) is 39.2 Å². The van der Waals surface area contributed by atoms with Gasteiger partial charge in [0, 0.05) is 6.04 Å². The molecule has 1 aromatic heterocycles. The summed E-state index contributed by atoms with van der Waals surface area (Å²) in [7, 11) is 0. The van der Waals surface area contributed by atoms with E-state index in [0.29, 0.717) is 10.4 Å². The molecule has 0 saturated heterocycles. The SMILES string of the molecule is CC1(C)CCCC1NC(=O)c1ccc(Br)o1. The summed E-state index contributed by atoms with van der Waals surface area (Å²) in [6.07, 6.45) is 3.40. The molecule has 0 aliphatic heterocycles. The second-order valence-corrected chi connectivity index (χ2v) is 5.79. The molecule has 1 aliphatic carbocycles. The number of furan rings is 1. The minimum absolute atomic E-state index is 0.120. The highest BCUT2D eigenvalue weighted by Crippen LogP contribution is 2.37. The maximum atomic E-state index is 11.9. The van der Waals surface area contributed by atoms with Crippen molar-refractivity contribution in [1.29, 1.82) is 0 Å². The maximum Gasteiger partial charge on any atom is 0.287 e. The molecule has 0 spiro atoms. The molecule has 1 saturated carbocycles. The first-order valence-corrected chi connectivity index (χ1v) is 6.34. The van der Waals surface area contributed by atoms with E-state index in [0.717, 1.165) is 6.42 Å². The van der Waals surface area contributed by atoms with Gasteiger partial charge in [0.15, 0.2) is 10.4 Å². The van der Waals surface area contributed by atoms with E-state index in [9.17, 15) is 4.79 Å². The Morgan fingerprint density at radius 1 is 1.56 bits per heavy atom. The zero-order chi connectivity index (χ0) is 11.8. The van der Waals surface area contributed by atoms with Crippen LogP contribution in [0, 0.1) is 5.41 Å². The third-order valence-corrected chi connectivity index (χ3v) is 3.79. The quantitative estimate of drug-likeness (QED) is 0.906. The largest absolute Gasteiger partial charge is 0.444 e. The lowest BCUT2D eigenvalue weighted by molar-refractivity contribution is 0.0880. The topological polar surface area (TPSA) is 42.2 Å². The van der Waals surface area contributed by atoms with Crippen LogP contribution in [0.4, 0.5) is 0 Å². The number of hydrogen-bond acceptors (Lipinski definition) is 2. The second-order valence-electron chi connectivity index (χ2n) is 5.01. The van der Waals surface area contributed by atoms with E-state index in [-0.39, 0.29) is 17.4 Å². The van der Waals surface area contributed by atoms with Crippen LogP contribution < -0.4 is 5.32 Å². The predicted molar refractivity (Wildman–Crippen MR) is 65.3 cm³/mol. The zero-order valence-electron chi connectivity index (χ0n) is 9.55. The molecule has 1 aliphatic rings. The molecular weight excluding hydrogens is 270 g/mol. The molecule has 16 heavy (non-hydrogen) atoms. The Balaban J connectivity index is 2.03.